The second-order valence-corrected chi connectivity index (χ2v) is 5.80. The van der Waals surface area contributed by atoms with E-state index in [4.69, 9.17) is 11.6 Å². The number of nitro groups is 1. The molecule has 2 aromatic heterocycles. The topological polar surface area (TPSA) is 61.0 Å². The van der Waals surface area contributed by atoms with Gasteiger partial charge in [-0.3, -0.25) is 10.1 Å². The van der Waals surface area contributed by atoms with Gasteiger partial charge < -0.3 is 4.57 Å². The lowest BCUT2D eigenvalue weighted by molar-refractivity contribution is -0.384. The summed E-state index contributed by atoms with van der Waals surface area (Å²) in [6, 6.07) is 11.6. The van der Waals surface area contributed by atoms with Crippen molar-refractivity contribution in [2.45, 2.75) is 26.3 Å². The summed E-state index contributed by atoms with van der Waals surface area (Å²) in [7, 11) is 0. The van der Waals surface area contributed by atoms with Crippen molar-refractivity contribution in [1.82, 2.24) is 9.55 Å². The van der Waals surface area contributed by atoms with Crippen molar-refractivity contribution in [3.63, 3.8) is 0 Å². The van der Waals surface area contributed by atoms with Crippen LogP contribution in [0.15, 0.2) is 42.6 Å². The maximum Gasteiger partial charge on any atom is 0.307 e. The number of nitrogens with zero attached hydrogens (tertiary/aromatic N) is 3. The third kappa shape index (κ3) is 3.05. The Kier molecular flexibility index (Phi) is 4.30. The van der Waals surface area contributed by atoms with Gasteiger partial charge in [0.1, 0.15) is 5.65 Å². The minimum absolute atomic E-state index is 0.0713. The molecule has 0 fully saturated rings. The zero-order chi connectivity index (χ0) is 16.4. The van der Waals surface area contributed by atoms with Crippen molar-refractivity contribution in [2.24, 2.45) is 0 Å². The first-order valence-electron chi connectivity index (χ1n) is 7.46. The van der Waals surface area contributed by atoms with Crippen molar-refractivity contribution >= 4 is 28.3 Å². The Morgan fingerprint density at radius 1 is 1.30 bits per heavy atom. The number of aryl methyl sites for hydroxylation is 1. The highest BCUT2D eigenvalue weighted by molar-refractivity contribution is 6.31. The van der Waals surface area contributed by atoms with E-state index in [1.807, 2.05) is 41.1 Å². The predicted octanol–water partition coefficient (Wildman–Crippen LogP) is 4.60. The van der Waals surface area contributed by atoms with E-state index in [1.54, 1.807) is 0 Å². The molecule has 0 aliphatic heterocycles. The molecule has 3 rings (SSSR count). The van der Waals surface area contributed by atoms with Crippen LogP contribution in [-0.2, 0) is 13.0 Å². The molecule has 118 valence electrons. The molecule has 0 bridgehead atoms. The van der Waals surface area contributed by atoms with Crippen LogP contribution in [0, 0.1) is 10.1 Å². The zero-order valence-corrected chi connectivity index (χ0v) is 13.5. The normalized spacial score (nSPS) is 11.0. The number of hydrogen-bond donors (Lipinski definition) is 0. The summed E-state index contributed by atoms with van der Waals surface area (Å²) in [5.41, 5.74) is 2.75. The number of halogens is 1. The highest BCUT2D eigenvalue weighted by Gasteiger charge is 2.19. The third-order valence-electron chi connectivity index (χ3n) is 3.78. The van der Waals surface area contributed by atoms with Crippen LogP contribution in [0.2, 0.25) is 5.15 Å². The Hall–Kier alpha value is -2.40. The van der Waals surface area contributed by atoms with Gasteiger partial charge in [-0.15, -0.1) is 0 Å². The molecule has 0 saturated carbocycles. The summed E-state index contributed by atoms with van der Waals surface area (Å²) in [6.45, 7) is 2.74. The van der Waals surface area contributed by atoms with E-state index in [-0.39, 0.29) is 10.8 Å². The van der Waals surface area contributed by atoms with Crippen LogP contribution in [0.25, 0.3) is 11.0 Å². The monoisotopic (exact) mass is 329 g/mol. The molecule has 0 N–H and O–H groups in total. The molecule has 6 heteroatoms. The van der Waals surface area contributed by atoms with E-state index in [1.165, 1.54) is 6.07 Å². The van der Waals surface area contributed by atoms with Gasteiger partial charge in [0, 0.05) is 24.2 Å². The van der Waals surface area contributed by atoms with Gasteiger partial charge in [0.2, 0.25) is 5.15 Å². The summed E-state index contributed by atoms with van der Waals surface area (Å²) in [5, 5.41) is 11.8. The van der Waals surface area contributed by atoms with Crippen molar-refractivity contribution in [2.75, 3.05) is 0 Å². The van der Waals surface area contributed by atoms with Crippen LogP contribution >= 0.6 is 11.6 Å². The zero-order valence-electron chi connectivity index (χ0n) is 12.7. The molecule has 0 radical (unpaired) electrons. The molecule has 2 heterocycles. The van der Waals surface area contributed by atoms with E-state index in [2.05, 4.69) is 11.9 Å². The maximum absolute atomic E-state index is 11.1. The quantitative estimate of drug-likeness (QED) is 0.390. The molecule has 0 aliphatic rings. The molecular formula is C17H16ClN3O2. The van der Waals surface area contributed by atoms with Gasteiger partial charge in [-0.2, -0.15) is 0 Å². The van der Waals surface area contributed by atoms with Gasteiger partial charge in [-0.1, -0.05) is 55.3 Å². The lowest BCUT2D eigenvalue weighted by Gasteiger charge is -2.05. The summed E-state index contributed by atoms with van der Waals surface area (Å²) < 4.78 is 2.01. The van der Waals surface area contributed by atoms with E-state index < -0.39 is 4.92 Å². The Labute approximate surface area is 138 Å². The van der Waals surface area contributed by atoms with E-state index in [9.17, 15) is 10.1 Å². The maximum atomic E-state index is 11.1. The predicted molar refractivity (Wildman–Crippen MR) is 90.9 cm³/mol. The van der Waals surface area contributed by atoms with Crippen molar-refractivity contribution in [3.8, 4) is 0 Å². The highest BCUT2D eigenvalue weighted by atomic mass is 35.5. The van der Waals surface area contributed by atoms with E-state index in [0.29, 0.717) is 12.2 Å². The largest absolute Gasteiger partial charge is 0.328 e. The summed E-state index contributed by atoms with van der Waals surface area (Å²) >= 11 is 5.99. The number of hydrogen-bond acceptors (Lipinski definition) is 3. The van der Waals surface area contributed by atoms with Gasteiger partial charge in [-0.05, 0) is 17.5 Å². The standard InChI is InChI=1S/C17H16ClN3O2/c1-2-6-13-11-20(10-12-7-4-3-5-8-12)17-14(13)9-15(21(22)23)16(18)19-17/h3-5,7-9,11H,2,6,10H2,1H3. The van der Waals surface area contributed by atoms with Gasteiger partial charge in [0.15, 0.2) is 0 Å². The summed E-state index contributed by atoms with van der Waals surface area (Å²) in [6.07, 6.45) is 3.83. The Morgan fingerprint density at radius 2 is 2.04 bits per heavy atom. The molecule has 0 atom stereocenters. The van der Waals surface area contributed by atoms with Crippen LogP contribution in [0.1, 0.15) is 24.5 Å². The van der Waals surface area contributed by atoms with Crippen molar-refractivity contribution in [1.29, 1.82) is 0 Å². The molecule has 5 nitrogen and oxygen atoms in total. The second kappa shape index (κ2) is 6.38. The molecule has 0 saturated heterocycles. The fraction of sp³-hybridized carbons (Fsp3) is 0.235. The summed E-state index contributed by atoms with van der Waals surface area (Å²) in [4.78, 5) is 14.9. The first-order chi connectivity index (χ1) is 11.1. The lowest BCUT2D eigenvalue weighted by Crippen LogP contribution is -2.00. The molecule has 1 aromatic carbocycles. The fourth-order valence-corrected chi connectivity index (χ4v) is 2.95. The third-order valence-corrected chi connectivity index (χ3v) is 4.06. The SMILES string of the molecule is CCCc1cn(Cc2ccccc2)c2nc(Cl)c([N+](=O)[O-])cc12. The first-order valence-corrected chi connectivity index (χ1v) is 7.84. The van der Waals surface area contributed by atoms with Gasteiger partial charge >= 0.3 is 5.69 Å². The van der Waals surface area contributed by atoms with Crippen LogP contribution in [-0.4, -0.2) is 14.5 Å². The van der Waals surface area contributed by atoms with Gasteiger partial charge in [0.25, 0.3) is 0 Å². The van der Waals surface area contributed by atoms with E-state index in [0.717, 1.165) is 29.4 Å². The van der Waals surface area contributed by atoms with Crippen LogP contribution in [0.4, 0.5) is 5.69 Å². The van der Waals surface area contributed by atoms with Crippen LogP contribution in [0.5, 0.6) is 0 Å². The van der Waals surface area contributed by atoms with Crippen LogP contribution < -0.4 is 0 Å². The number of rotatable bonds is 5. The van der Waals surface area contributed by atoms with Crippen molar-refractivity contribution in [3.05, 3.63) is 69.0 Å². The molecule has 0 aliphatic carbocycles. The number of fused-ring (bicyclic) bond motifs is 1. The van der Waals surface area contributed by atoms with E-state index >= 15 is 0 Å². The first kappa shape index (κ1) is 15.5. The molecular weight excluding hydrogens is 314 g/mol. The Balaban J connectivity index is 2.14. The summed E-state index contributed by atoms with van der Waals surface area (Å²) in [5.74, 6) is 0. The minimum atomic E-state index is -0.487. The van der Waals surface area contributed by atoms with Crippen LogP contribution in [0.3, 0.4) is 0 Å². The lowest BCUT2D eigenvalue weighted by atomic mass is 10.1. The Bertz CT molecular complexity index is 859. The van der Waals surface area contributed by atoms with Gasteiger partial charge in [0.05, 0.1) is 4.92 Å². The number of benzene rings is 1. The molecule has 0 amide bonds. The minimum Gasteiger partial charge on any atom is -0.328 e. The average Bonchev–Trinajstić information content (AvgIpc) is 2.85. The highest BCUT2D eigenvalue weighted by Crippen LogP contribution is 2.30. The molecule has 0 unspecified atom stereocenters. The Morgan fingerprint density at radius 3 is 2.70 bits per heavy atom. The fourth-order valence-electron chi connectivity index (χ4n) is 2.74. The van der Waals surface area contributed by atoms with Gasteiger partial charge in [-0.25, -0.2) is 4.98 Å². The second-order valence-electron chi connectivity index (χ2n) is 5.44. The van der Waals surface area contributed by atoms with Crippen molar-refractivity contribution < 1.29 is 4.92 Å². The number of pyridine rings is 1. The smallest absolute Gasteiger partial charge is 0.307 e. The molecule has 23 heavy (non-hydrogen) atoms. The molecule has 0 spiro atoms. The number of aromatic nitrogens is 2. The molecule has 3 aromatic rings. The average molecular weight is 330 g/mol.